The molecule has 33 heteroatoms. The summed E-state index contributed by atoms with van der Waals surface area (Å²) in [7, 11) is 0. The maximum absolute atomic E-state index is 13.4. The first-order chi connectivity index (χ1) is 58.9. The summed E-state index contributed by atoms with van der Waals surface area (Å²) in [6.45, 7) is 14.7. The fourth-order valence-electron chi connectivity index (χ4n) is 11.9. The van der Waals surface area contributed by atoms with Crippen molar-refractivity contribution in [3.8, 4) is 0 Å². The summed E-state index contributed by atoms with van der Waals surface area (Å²) < 4.78 is 17.2. The van der Waals surface area contributed by atoms with Gasteiger partial charge < -0.3 is 62.1 Å². The highest BCUT2D eigenvalue weighted by Gasteiger charge is 2.33. The van der Waals surface area contributed by atoms with Gasteiger partial charge in [0.25, 0.3) is 35.4 Å². The van der Waals surface area contributed by atoms with Crippen LogP contribution in [-0.4, -0.2) is 155 Å². The third-order valence-corrected chi connectivity index (χ3v) is 20.7. The number of fused-ring (bicyclic) bond motifs is 6. The van der Waals surface area contributed by atoms with Crippen LogP contribution in [0.1, 0.15) is 162 Å². The zero-order valence-electron chi connectivity index (χ0n) is 69.8. The summed E-state index contributed by atoms with van der Waals surface area (Å²) in [4.78, 5) is 204. The molecule has 3 aliphatic heterocycles. The van der Waals surface area contributed by atoms with Gasteiger partial charge in [0, 0.05) is 57.3 Å². The van der Waals surface area contributed by atoms with Crippen LogP contribution in [0.15, 0.2) is 199 Å². The summed E-state index contributed by atoms with van der Waals surface area (Å²) in [6.07, 6.45) is 13.1. The van der Waals surface area contributed by atoms with Crippen LogP contribution in [0, 0.1) is 20.8 Å². The van der Waals surface area contributed by atoms with E-state index in [0.717, 1.165) is 27.8 Å². The summed E-state index contributed by atoms with van der Waals surface area (Å²) >= 11 is 3.53. The van der Waals surface area contributed by atoms with E-state index in [1.54, 1.807) is 108 Å². The smallest absolute Gasteiger partial charge is 0.329 e. The Hall–Kier alpha value is -12.8. The largest absolute Gasteiger partial charge is 0.456 e. The van der Waals surface area contributed by atoms with Gasteiger partial charge in [0.1, 0.15) is 70.6 Å². The average molecular weight is 1740 g/mol. The number of carbonyl (C=O) groups excluding carboxylic acids is 15. The fourth-order valence-corrected chi connectivity index (χ4v) is 13.5. The lowest BCUT2D eigenvalue weighted by atomic mass is 10.1. The minimum atomic E-state index is -1.11. The number of thioether (sulfide) groups is 3. The highest BCUT2D eigenvalue weighted by atomic mass is 32.2. The summed E-state index contributed by atoms with van der Waals surface area (Å²) in [6, 6.07) is 33.9. The minimum Gasteiger partial charge on any atom is -0.456 e. The molecule has 9 N–H and O–H groups in total. The summed E-state index contributed by atoms with van der Waals surface area (Å²) in [5.74, 6) is -5.60. The molecule has 9 rings (SSSR count). The third-order valence-electron chi connectivity index (χ3n) is 18.2. The second-order valence-electron chi connectivity index (χ2n) is 28.1. The Morgan fingerprint density at radius 1 is 0.398 bits per heavy atom. The van der Waals surface area contributed by atoms with Crippen molar-refractivity contribution in [3.05, 3.63) is 267 Å². The number of hydrogen-bond donors (Lipinski definition) is 9. The van der Waals surface area contributed by atoms with Gasteiger partial charge in [0.15, 0.2) is 15.3 Å². The molecule has 30 nitrogen and oxygen atoms in total. The van der Waals surface area contributed by atoms with E-state index in [9.17, 15) is 71.9 Å². The van der Waals surface area contributed by atoms with Gasteiger partial charge in [-0.3, -0.25) is 57.5 Å². The highest BCUT2D eigenvalue weighted by molar-refractivity contribution is 8.14. The van der Waals surface area contributed by atoms with Gasteiger partial charge >= 0.3 is 17.9 Å². The van der Waals surface area contributed by atoms with Gasteiger partial charge in [-0.2, -0.15) is 0 Å². The SMILES string of the molecule is C/C=C1\NC(=O)c2cc(C)cc(n2)CNC(=O)C[C@@H](/C=C/CCSC(C)=O)OC(=O)[C@H](Cc2ccccc2)NC1=O.C/C=C1\NC(=O)c2ccc(C)c(n2)CNC(=O)C[C@@H](/C=C/CCSC(C)=O)OC(=O)[C@H](Cc2ccccc2)NC1=O.C/C=C1\NC(=O)c2nc(ccc2C)CNC(=O)C[C@@H](/C=C/CCSC(C)=O)OC(=O)[C@H](Cc2ccccc2)NC1=O. The molecule has 0 fully saturated rings. The van der Waals surface area contributed by atoms with Gasteiger partial charge in [-0.05, 0) is 137 Å². The van der Waals surface area contributed by atoms with E-state index in [-0.39, 0.29) is 108 Å². The number of amides is 9. The quantitative estimate of drug-likeness (QED) is 0.0128. The summed E-state index contributed by atoms with van der Waals surface area (Å²) in [5, 5.41) is 24.0. The summed E-state index contributed by atoms with van der Waals surface area (Å²) in [5.41, 5.74) is 5.94. The standard InChI is InChI=1S/3C30H34N4O6S/c1-4-24-28(37)34-25(16-21-10-6-5-7-11-21)30(39)40-23(12-8-9-15-41-20(3)35)17-26(36)31-18-22-14-13-19(2)27(32-22)29(38)33-24;1-4-23-28(37)34-25(16-21-10-6-5-7-11-21)30(39)40-22(12-8-9-15-41-20(3)35)17-27(36)31-18-26-19(2)13-14-24(32-26)29(38)33-23;1-4-24-28(37)34-26(16-21-10-6-5-7-11-21)30(39)40-23(12-8-9-13-41-20(3)35)17-27(36)31-18-22-14-19(2)15-25(32-22)29(38)33-24/h4-8,10-14,23,25H,9,15-18H2,1-3H3,(H,31,36)(H,33,38)(H,34,37);4-8,10-14,22,25H,9,15-18H2,1-3H3,(H,31,36)(H,33,38)(H,34,37);4-8,10-12,14-15,23,26H,9,13,16-18H2,1-3H3,(H,31,36)(H,33,38)(H,34,37)/b12-8+,24-4-;12-8+,23-4-;12-8+,24-4-/t23-,25+;22-,25+;23-,26+/m111/s1. The molecule has 0 unspecified atom stereocenters. The molecule has 123 heavy (non-hydrogen) atoms. The van der Waals surface area contributed by atoms with E-state index in [4.69, 9.17) is 14.2 Å². The van der Waals surface area contributed by atoms with Crippen molar-refractivity contribution >= 4 is 122 Å². The van der Waals surface area contributed by atoms with Crippen LogP contribution in [0.25, 0.3) is 0 Å². The molecule has 9 amide bonds. The van der Waals surface area contributed by atoms with E-state index in [2.05, 4.69) is 62.8 Å². The monoisotopic (exact) mass is 1730 g/mol. The topological polar surface area (TPSA) is 431 Å². The number of cyclic esters (lactones) is 3. The van der Waals surface area contributed by atoms with Gasteiger partial charge in [-0.25, -0.2) is 29.3 Å². The number of aryl methyl sites for hydroxylation is 3. The molecule has 648 valence electrons. The van der Waals surface area contributed by atoms with Crippen molar-refractivity contribution in [2.75, 3.05) is 17.3 Å². The Balaban J connectivity index is 0.000000254. The lowest BCUT2D eigenvalue weighted by Gasteiger charge is -2.22. The lowest BCUT2D eigenvalue weighted by molar-refractivity contribution is -0.152. The Morgan fingerprint density at radius 3 is 1.14 bits per heavy atom. The molecule has 0 aliphatic carbocycles. The zero-order valence-corrected chi connectivity index (χ0v) is 72.3. The minimum absolute atomic E-state index is 0.00179. The number of ether oxygens (including phenoxy) is 3. The molecule has 0 spiro atoms. The highest BCUT2D eigenvalue weighted by Crippen LogP contribution is 2.20. The Morgan fingerprint density at radius 2 is 0.756 bits per heavy atom. The first kappa shape index (κ1) is 97.4. The Labute approximate surface area is 726 Å². The number of nitrogens with one attached hydrogen (secondary N) is 9. The van der Waals surface area contributed by atoms with Crippen molar-refractivity contribution < 1.29 is 86.1 Å². The number of benzene rings is 3. The molecular formula is C90H102N12O18S3. The van der Waals surface area contributed by atoms with Crippen molar-refractivity contribution in [2.45, 2.75) is 176 Å². The molecule has 3 aromatic carbocycles. The van der Waals surface area contributed by atoms with Crippen molar-refractivity contribution in [1.29, 1.82) is 0 Å². The number of nitrogens with zero attached hydrogens (tertiary/aromatic N) is 3. The molecule has 6 aromatic rings. The molecule has 0 saturated carbocycles. The predicted molar refractivity (Wildman–Crippen MR) is 467 cm³/mol. The number of esters is 3. The van der Waals surface area contributed by atoms with Crippen molar-refractivity contribution in [3.63, 3.8) is 0 Å². The van der Waals surface area contributed by atoms with Crippen LogP contribution in [0.5, 0.6) is 0 Å². The number of pyridine rings is 3. The Kier molecular flexibility index (Phi) is 40.5. The predicted octanol–water partition coefficient (Wildman–Crippen LogP) is 8.73. The van der Waals surface area contributed by atoms with E-state index in [1.165, 1.54) is 80.4 Å². The van der Waals surface area contributed by atoms with Gasteiger partial charge in [-0.1, -0.05) is 175 Å². The van der Waals surface area contributed by atoms with E-state index in [0.29, 0.717) is 59.2 Å². The van der Waals surface area contributed by atoms with E-state index >= 15 is 0 Å². The van der Waals surface area contributed by atoms with Crippen LogP contribution in [0.2, 0.25) is 0 Å². The normalized spacial score (nSPS) is 19.8. The second-order valence-corrected chi connectivity index (χ2v) is 31.9. The van der Waals surface area contributed by atoms with Crippen LogP contribution < -0.4 is 47.9 Å². The third kappa shape index (κ3) is 34.7. The zero-order chi connectivity index (χ0) is 89.3. The van der Waals surface area contributed by atoms with Crippen molar-refractivity contribution in [2.24, 2.45) is 0 Å². The first-order valence-electron chi connectivity index (χ1n) is 39.7. The number of carbonyl (C=O) groups is 15. The Bertz CT molecular complexity index is 5000. The molecule has 3 aromatic heterocycles. The van der Waals surface area contributed by atoms with E-state index < -0.39 is 108 Å². The number of allylic oxidation sites excluding steroid dienone is 6. The molecule has 6 bridgehead atoms. The fraction of sp³-hybridized carbons (Fsp3) is 0.333. The molecule has 0 radical (unpaired) electrons. The molecule has 3 aliphatic rings. The molecular weight excluding hydrogens is 1630 g/mol. The van der Waals surface area contributed by atoms with Gasteiger partial charge in [0.05, 0.1) is 56.0 Å². The van der Waals surface area contributed by atoms with Gasteiger partial charge in [0.2, 0.25) is 17.7 Å². The second kappa shape index (κ2) is 51.1. The number of rotatable bonds is 18. The maximum Gasteiger partial charge on any atom is 0.329 e. The van der Waals surface area contributed by atoms with Crippen LogP contribution in [0.3, 0.4) is 0 Å². The van der Waals surface area contributed by atoms with Crippen molar-refractivity contribution in [1.82, 2.24) is 62.8 Å². The molecule has 6 atom stereocenters. The van der Waals surface area contributed by atoms with Crippen LogP contribution >= 0.6 is 35.3 Å². The number of aromatic nitrogens is 3. The first-order valence-corrected chi connectivity index (χ1v) is 42.6. The van der Waals surface area contributed by atoms with Crippen LogP contribution in [0.4, 0.5) is 0 Å². The van der Waals surface area contributed by atoms with E-state index in [1.807, 2.05) is 91.0 Å². The number of hydrogen-bond acceptors (Lipinski definition) is 24. The average Bonchev–Trinajstić information content (AvgIpc) is 0.842. The maximum atomic E-state index is 13.4. The van der Waals surface area contributed by atoms with Crippen LogP contribution in [-0.2, 0) is 111 Å². The lowest BCUT2D eigenvalue weighted by Crippen LogP contribution is -2.47. The van der Waals surface area contributed by atoms with Gasteiger partial charge in [-0.15, -0.1) is 0 Å². The molecule has 0 saturated heterocycles. The molecule has 6 heterocycles.